The van der Waals surface area contributed by atoms with Crippen LogP contribution < -0.4 is 10.6 Å². The minimum absolute atomic E-state index is 0.0256. The van der Waals surface area contributed by atoms with Crippen LogP contribution in [-0.4, -0.2) is 85.1 Å². The summed E-state index contributed by atoms with van der Waals surface area (Å²) < 4.78 is 5.45. The third-order valence-corrected chi connectivity index (χ3v) is 3.28. The van der Waals surface area contributed by atoms with Crippen LogP contribution in [-0.2, 0) is 14.3 Å². The van der Waals surface area contributed by atoms with Crippen LogP contribution in [0.5, 0.6) is 0 Å². The van der Waals surface area contributed by atoms with Gasteiger partial charge in [-0.15, -0.1) is 0 Å². The van der Waals surface area contributed by atoms with Gasteiger partial charge in [0, 0.05) is 26.6 Å². The normalized spacial score (nSPS) is 28.7. The Morgan fingerprint density at radius 3 is 2.33 bits per heavy atom. The highest BCUT2D eigenvalue weighted by molar-refractivity contribution is 5.76. The smallest absolute Gasteiger partial charge is 0.222 e. The number of likely N-dealkylation sites (N-methyl/N-ethyl adjacent to an activating group) is 1. The number of nitrogens with one attached hydrogen (secondary N) is 2. The summed E-state index contributed by atoms with van der Waals surface area (Å²) in [5.41, 5.74) is 0. The van der Waals surface area contributed by atoms with E-state index >= 15 is 0 Å². The fraction of sp³-hybridized carbons (Fsp3) is 0.846. The molecule has 0 aromatic rings. The lowest BCUT2D eigenvalue weighted by atomic mass is 10.1. The van der Waals surface area contributed by atoms with Crippen LogP contribution in [0.2, 0.25) is 0 Å². The maximum atomic E-state index is 11.7. The van der Waals surface area contributed by atoms with Crippen LogP contribution in [0.15, 0.2) is 0 Å². The van der Waals surface area contributed by atoms with Gasteiger partial charge in [0.15, 0.2) is 0 Å². The van der Waals surface area contributed by atoms with Crippen molar-refractivity contribution in [2.24, 2.45) is 0 Å². The molecular weight excluding hydrogens is 278 g/mol. The van der Waals surface area contributed by atoms with Crippen LogP contribution in [0, 0.1) is 0 Å². The lowest BCUT2D eigenvalue weighted by Crippen LogP contribution is -2.39. The predicted molar refractivity (Wildman–Crippen MR) is 75.5 cm³/mol. The standard InChI is InChI=1S/C13H25N3O5/c1-8(17)15-7-10-13(20)12(19)9(21-10)6-11(18)14-4-5-16(2)3/h9-10,12-13,19-20H,4-7H2,1-3H3,(H,14,18)(H,15,17). The van der Waals surface area contributed by atoms with E-state index in [4.69, 9.17) is 4.74 Å². The molecule has 8 heteroatoms. The maximum absolute atomic E-state index is 11.7. The molecule has 4 N–H and O–H groups in total. The van der Waals surface area contributed by atoms with Gasteiger partial charge < -0.3 is 30.5 Å². The number of ether oxygens (including phenoxy) is 1. The zero-order chi connectivity index (χ0) is 16.0. The van der Waals surface area contributed by atoms with Gasteiger partial charge in [-0.3, -0.25) is 9.59 Å². The topological polar surface area (TPSA) is 111 Å². The lowest BCUT2D eigenvalue weighted by Gasteiger charge is -2.15. The van der Waals surface area contributed by atoms with Gasteiger partial charge in [0.25, 0.3) is 0 Å². The van der Waals surface area contributed by atoms with E-state index < -0.39 is 24.4 Å². The molecule has 2 amide bonds. The van der Waals surface area contributed by atoms with E-state index in [1.807, 2.05) is 19.0 Å². The Kier molecular flexibility index (Phi) is 7.03. The monoisotopic (exact) mass is 303 g/mol. The quantitative estimate of drug-likeness (QED) is 0.420. The Morgan fingerprint density at radius 2 is 1.76 bits per heavy atom. The fourth-order valence-corrected chi connectivity index (χ4v) is 2.08. The molecule has 1 aliphatic heterocycles. The number of carbonyl (C=O) groups excluding carboxylic acids is 2. The molecule has 4 atom stereocenters. The highest BCUT2D eigenvalue weighted by atomic mass is 16.5. The first-order valence-corrected chi connectivity index (χ1v) is 6.98. The van der Waals surface area contributed by atoms with E-state index in [9.17, 15) is 19.8 Å². The number of amides is 2. The molecule has 0 saturated carbocycles. The van der Waals surface area contributed by atoms with Crippen molar-refractivity contribution < 1.29 is 24.5 Å². The zero-order valence-electron chi connectivity index (χ0n) is 12.7. The molecule has 1 fully saturated rings. The van der Waals surface area contributed by atoms with E-state index in [0.29, 0.717) is 13.1 Å². The molecule has 0 aromatic heterocycles. The van der Waals surface area contributed by atoms with Gasteiger partial charge in [-0.2, -0.15) is 0 Å². The van der Waals surface area contributed by atoms with Crippen molar-refractivity contribution in [3.63, 3.8) is 0 Å². The van der Waals surface area contributed by atoms with Gasteiger partial charge in [0.1, 0.15) is 18.3 Å². The number of nitrogens with zero attached hydrogens (tertiary/aromatic N) is 1. The highest BCUT2D eigenvalue weighted by Crippen LogP contribution is 2.23. The second-order valence-electron chi connectivity index (χ2n) is 5.49. The van der Waals surface area contributed by atoms with E-state index in [1.165, 1.54) is 6.92 Å². The Morgan fingerprint density at radius 1 is 1.14 bits per heavy atom. The minimum atomic E-state index is -1.14. The summed E-state index contributed by atoms with van der Waals surface area (Å²) in [5, 5.41) is 25.0. The van der Waals surface area contributed by atoms with E-state index in [1.54, 1.807) is 0 Å². The van der Waals surface area contributed by atoms with Gasteiger partial charge in [-0.25, -0.2) is 0 Å². The molecule has 0 aromatic carbocycles. The van der Waals surface area contributed by atoms with Crippen molar-refractivity contribution in [3.05, 3.63) is 0 Å². The molecule has 4 unspecified atom stereocenters. The van der Waals surface area contributed by atoms with Crippen LogP contribution in [0.4, 0.5) is 0 Å². The summed E-state index contributed by atoms with van der Waals surface area (Å²) in [4.78, 5) is 24.5. The lowest BCUT2D eigenvalue weighted by molar-refractivity contribution is -0.125. The Hall–Kier alpha value is -1.22. The average Bonchev–Trinajstić information content (AvgIpc) is 2.64. The van der Waals surface area contributed by atoms with Crippen molar-refractivity contribution in [1.82, 2.24) is 15.5 Å². The summed E-state index contributed by atoms with van der Waals surface area (Å²) in [6, 6.07) is 0. The number of rotatable bonds is 7. The first-order valence-electron chi connectivity index (χ1n) is 6.98. The van der Waals surface area contributed by atoms with Crippen LogP contribution in [0.1, 0.15) is 13.3 Å². The summed E-state index contributed by atoms with van der Waals surface area (Å²) in [6.45, 7) is 2.68. The third-order valence-electron chi connectivity index (χ3n) is 3.28. The molecule has 1 aliphatic rings. The molecular formula is C13H25N3O5. The Labute approximate surface area is 124 Å². The first-order chi connectivity index (χ1) is 9.81. The van der Waals surface area contributed by atoms with Crippen LogP contribution in [0.25, 0.3) is 0 Å². The summed E-state index contributed by atoms with van der Waals surface area (Å²) >= 11 is 0. The van der Waals surface area contributed by atoms with Crippen molar-refractivity contribution in [2.45, 2.75) is 37.8 Å². The number of aliphatic hydroxyl groups is 2. The van der Waals surface area contributed by atoms with Gasteiger partial charge in [-0.05, 0) is 14.1 Å². The predicted octanol–water partition coefficient (Wildman–Crippen LogP) is -2.32. The molecule has 1 saturated heterocycles. The number of carbonyl (C=O) groups is 2. The molecule has 0 bridgehead atoms. The molecule has 21 heavy (non-hydrogen) atoms. The third kappa shape index (κ3) is 5.96. The SMILES string of the molecule is CC(=O)NCC1OC(CC(=O)NCCN(C)C)C(O)C1O. The van der Waals surface area contributed by atoms with Crippen molar-refractivity contribution in [1.29, 1.82) is 0 Å². The number of hydrogen-bond donors (Lipinski definition) is 4. The molecule has 8 nitrogen and oxygen atoms in total. The second kappa shape index (κ2) is 8.28. The number of hydrogen-bond acceptors (Lipinski definition) is 6. The van der Waals surface area contributed by atoms with E-state index in [2.05, 4.69) is 10.6 Å². The molecule has 122 valence electrons. The molecule has 1 heterocycles. The maximum Gasteiger partial charge on any atom is 0.222 e. The van der Waals surface area contributed by atoms with Crippen LogP contribution in [0.3, 0.4) is 0 Å². The minimum Gasteiger partial charge on any atom is -0.388 e. The van der Waals surface area contributed by atoms with Crippen molar-refractivity contribution in [2.75, 3.05) is 33.7 Å². The fourth-order valence-electron chi connectivity index (χ4n) is 2.08. The van der Waals surface area contributed by atoms with Gasteiger partial charge in [0.05, 0.1) is 12.5 Å². The molecule has 0 aliphatic carbocycles. The molecule has 0 radical (unpaired) electrons. The Bertz CT molecular complexity index is 364. The summed E-state index contributed by atoms with van der Waals surface area (Å²) in [5.74, 6) is -0.488. The van der Waals surface area contributed by atoms with Crippen LogP contribution >= 0.6 is 0 Å². The highest BCUT2D eigenvalue weighted by Gasteiger charge is 2.43. The number of aliphatic hydroxyl groups excluding tert-OH is 2. The Balaban J connectivity index is 2.38. The van der Waals surface area contributed by atoms with Gasteiger partial charge >= 0.3 is 0 Å². The molecule has 0 spiro atoms. The van der Waals surface area contributed by atoms with E-state index in [-0.39, 0.29) is 24.8 Å². The van der Waals surface area contributed by atoms with Crippen molar-refractivity contribution in [3.8, 4) is 0 Å². The van der Waals surface area contributed by atoms with E-state index in [0.717, 1.165) is 0 Å². The van der Waals surface area contributed by atoms with Gasteiger partial charge in [0.2, 0.25) is 11.8 Å². The summed E-state index contributed by atoms with van der Waals surface area (Å²) in [7, 11) is 3.80. The zero-order valence-corrected chi connectivity index (χ0v) is 12.7. The summed E-state index contributed by atoms with van der Waals surface area (Å²) in [6.07, 6.45) is -3.75. The largest absolute Gasteiger partial charge is 0.388 e. The second-order valence-corrected chi connectivity index (χ2v) is 5.49. The van der Waals surface area contributed by atoms with Gasteiger partial charge in [-0.1, -0.05) is 0 Å². The average molecular weight is 303 g/mol. The molecule has 1 rings (SSSR count). The van der Waals surface area contributed by atoms with Crippen molar-refractivity contribution >= 4 is 11.8 Å². The first kappa shape index (κ1) is 17.8.